The first-order valence-electron chi connectivity index (χ1n) is 7.81. The smallest absolute Gasteiger partial charge is 0.410 e. The minimum atomic E-state index is -0.277. The van der Waals surface area contributed by atoms with E-state index in [4.69, 9.17) is 10.5 Å². The number of carbonyl (C=O) groups excluding carboxylic acids is 1. The van der Waals surface area contributed by atoms with Gasteiger partial charge in [-0.25, -0.2) is 4.79 Å². The van der Waals surface area contributed by atoms with Crippen molar-refractivity contribution in [2.45, 2.75) is 26.5 Å². The minimum Gasteiger partial charge on any atom is -0.445 e. The van der Waals surface area contributed by atoms with E-state index >= 15 is 0 Å². The lowest BCUT2D eigenvalue weighted by molar-refractivity contribution is 0.102. The van der Waals surface area contributed by atoms with Crippen LogP contribution < -0.4 is 5.73 Å². The van der Waals surface area contributed by atoms with Gasteiger partial charge in [0, 0.05) is 13.1 Å². The largest absolute Gasteiger partial charge is 0.445 e. The van der Waals surface area contributed by atoms with Gasteiger partial charge in [0.05, 0.1) is 23.6 Å². The number of benzene rings is 1. The Morgan fingerprint density at radius 3 is 2.74 bits per heavy atom. The number of aromatic nitrogens is 2. The summed E-state index contributed by atoms with van der Waals surface area (Å²) < 4.78 is 7.33. The van der Waals surface area contributed by atoms with E-state index in [2.05, 4.69) is 12.0 Å². The maximum absolute atomic E-state index is 12.3. The molecule has 2 heterocycles. The van der Waals surface area contributed by atoms with Crippen LogP contribution >= 0.6 is 0 Å². The summed E-state index contributed by atoms with van der Waals surface area (Å²) in [6.07, 6.45) is 1.39. The molecule has 2 N–H and O–H groups in total. The lowest BCUT2D eigenvalue weighted by Gasteiger charge is -2.17. The van der Waals surface area contributed by atoms with E-state index in [0.717, 1.165) is 11.3 Å². The second-order valence-electron chi connectivity index (χ2n) is 6.12. The normalized spacial score (nSPS) is 20.7. The highest BCUT2D eigenvalue weighted by molar-refractivity contribution is 5.68. The van der Waals surface area contributed by atoms with Gasteiger partial charge in [-0.3, -0.25) is 4.68 Å². The van der Waals surface area contributed by atoms with Gasteiger partial charge in [0.25, 0.3) is 0 Å². The first kappa shape index (κ1) is 15.4. The number of rotatable bonds is 3. The molecule has 2 atom stereocenters. The minimum absolute atomic E-state index is 0.136. The zero-order valence-electron chi connectivity index (χ0n) is 13.5. The van der Waals surface area contributed by atoms with Crippen LogP contribution in [0.25, 0.3) is 0 Å². The van der Waals surface area contributed by atoms with Gasteiger partial charge in [0.1, 0.15) is 6.61 Å². The Balaban J connectivity index is 1.61. The molecule has 1 amide bonds. The van der Waals surface area contributed by atoms with Gasteiger partial charge < -0.3 is 15.4 Å². The van der Waals surface area contributed by atoms with E-state index in [9.17, 15) is 4.79 Å². The monoisotopic (exact) mass is 314 g/mol. The molecule has 1 aromatic heterocycles. The Morgan fingerprint density at radius 1 is 1.35 bits per heavy atom. The van der Waals surface area contributed by atoms with E-state index in [1.807, 2.05) is 41.9 Å². The summed E-state index contributed by atoms with van der Waals surface area (Å²) in [5, 5.41) is 4.35. The summed E-state index contributed by atoms with van der Waals surface area (Å²) in [7, 11) is 0. The molecule has 0 saturated carbocycles. The quantitative estimate of drug-likeness (QED) is 0.945. The molecule has 1 fully saturated rings. The number of nitrogens with zero attached hydrogens (tertiary/aromatic N) is 3. The standard InChI is InChI=1S/C17H22N4O2/c1-12-9-20(10-16(12)21-13(2)15(18)8-19-21)17(22)23-11-14-6-4-3-5-7-14/h3-8,12,16H,9-11,18H2,1-2H3/t12-,16+/m0/s1. The van der Waals surface area contributed by atoms with Gasteiger partial charge >= 0.3 is 6.09 Å². The van der Waals surface area contributed by atoms with Crippen LogP contribution in [0.5, 0.6) is 0 Å². The Labute approximate surface area is 135 Å². The second kappa shape index (κ2) is 6.32. The molecule has 0 bridgehead atoms. The van der Waals surface area contributed by atoms with Gasteiger partial charge in [0.15, 0.2) is 0 Å². The van der Waals surface area contributed by atoms with Gasteiger partial charge in [-0.15, -0.1) is 0 Å². The number of nitrogen functional groups attached to an aromatic ring is 1. The van der Waals surface area contributed by atoms with Crippen molar-refractivity contribution in [2.75, 3.05) is 18.8 Å². The summed E-state index contributed by atoms with van der Waals surface area (Å²) in [6, 6.07) is 9.83. The molecule has 0 aliphatic carbocycles. The van der Waals surface area contributed by atoms with Crippen molar-refractivity contribution >= 4 is 11.8 Å². The summed E-state index contributed by atoms with van der Waals surface area (Å²) >= 11 is 0. The number of amides is 1. The van der Waals surface area contributed by atoms with Crippen LogP contribution in [0, 0.1) is 12.8 Å². The summed E-state index contributed by atoms with van der Waals surface area (Å²) in [4.78, 5) is 14.0. The maximum Gasteiger partial charge on any atom is 0.410 e. The van der Waals surface area contributed by atoms with Crippen molar-refractivity contribution in [2.24, 2.45) is 5.92 Å². The molecule has 3 rings (SSSR count). The van der Waals surface area contributed by atoms with Gasteiger partial charge in [-0.2, -0.15) is 5.10 Å². The molecule has 1 aliphatic rings. The molecule has 1 aromatic carbocycles. The van der Waals surface area contributed by atoms with Crippen molar-refractivity contribution in [3.8, 4) is 0 Å². The molecular formula is C17H22N4O2. The molecular weight excluding hydrogens is 292 g/mol. The number of carbonyl (C=O) groups is 1. The lowest BCUT2D eigenvalue weighted by atomic mass is 10.1. The molecule has 0 radical (unpaired) electrons. The van der Waals surface area contributed by atoms with Crippen LogP contribution in [-0.2, 0) is 11.3 Å². The van der Waals surface area contributed by atoms with Gasteiger partial charge in [-0.05, 0) is 18.4 Å². The number of nitrogens with two attached hydrogens (primary N) is 1. The summed E-state index contributed by atoms with van der Waals surface area (Å²) in [5.41, 5.74) is 8.49. The molecule has 0 spiro atoms. The fourth-order valence-corrected chi connectivity index (χ4v) is 3.00. The Bertz CT molecular complexity index is 683. The highest BCUT2D eigenvalue weighted by atomic mass is 16.6. The van der Waals surface area contributed by atoms with E-state index in [1.54, 1.807) is 11.1 Å². The van der Waals surface area contributed by atoms with Crippen LogP contribution in [0.3, 0.4) is 0 Å². The Kier molecular flexibility index (Phi) is 4.23. The highest BCUT2D eigenvalue weighted by Crippen LogP contribution is 2.29. The molecule has 0 unspecified atom stereocenters. The van der Waals surface area contributed by atoms with Crippen LogP contribution in [-0.4, -0.2) is 33.9 Å². The third-order valence-electron chi connectivity index (χ3n) is 4.43. The fraction of sp³-hybridized carbons (Fsp3) is 0.412. The maximum atomic E-state index is 12.3. The van der Waals surface area contributed by atoms with Gasteiger partial charge in [0.2, 0.25) is 0 Å². The third kappa shape index (κ3) is 3.16. The van der Waals surface area contributed by atoms with E-state index in [-0.39, 0.29) is 12.1 Å². The first-order chi connectivity index (χ1) is 11.1. The molecule has 6 nitrogen and oxygen atoms in total. The average molecular weight is 314 g/mol. The predicted octanol–water partition coefficient (Wildman–Crippen LogP) is 2.60. The van der Waals surface area contributed by atoms with Gasteiger partial charge in [-0.1, -0.05) is 37.3 Å². The summed E-state index contributed by atoms with van der Waals surface area (Å²) in [5.74, 6) is 0.303. The van der Waals surface area contributed by atoms with E-state index in [1.165, 1.54) is 0 Å². The molecule has 1 saturated heterocycles. The number of likely N-dealkylation sites (tertiary alicyclic amines) is 1. The van der Waals surface area contributed by atoms with Crippen LogP contribution in [0.4, 0.5) is 10.5 Å². The summed E-state index contributed by atoms with van der Waals surface area (Å²) in [6.45, 7) is 5.62. The molecule has 1 aliphatic heterocycles. The van der Waals surface area contributed by atoms with Crippen molar-refractivity contribution in [3.63, 3.8) is 0 Å². The number of ether oxygens (including phenoxy) is 1. The fourth-order valence-electron chi connectivity index (χ4n) is 3.00. The lowest BCUT2D eigenvalue weighted by Crippen LogP contribution is -2.30. The molecule has 122 valence electrons. The first-order valence-corrected chi connectivity index (χ1v) is 7.81. The average Bonchev–Trinajstić information content (AvgIpc) is 3.09. The van der Waals surface area contributed by atoms with Crippen molar-refractivity contribution in [3.05, 3.63) is 47.8 Å². The molecule has 23 heavy (non-hydrogen) atoms. The molecule has 2 aromatic rings. The Hall–Kier alpha value is -2.50. The number of hydrogen-bond donors (Lipinski definition) is 1. The van der Waals surface area contributed by atoms with Crippen molar-refractivity contribution in [1.29, 1.82) is 0 Å². The zero-order valence-corrected chi connectivity index (χ0v) is 13.5. The second-order valence-corrected chi connectivity index (χ2v) is 6.12. The predicted molar refractivity (Wildman–Crippen MR) is 87.8 cm³/mol. The SMILES string of the molecule is Cc1c(N)cnn1[C@@H]1CN(C(=O)OCc2ccccc2)C[C@@H]1C. The van der Waals surface area contributed by atoms with Crippen LogP contribution in [0.15, 0.2) is 36.5 Å². The third-order valence-corrected chi connectivity index (χ3v) is 4.43. The van der Waals surface area contributed by atoms with Crippen LogP contribution in [0.1, 0.15) is 24.2 Å². The van der Waals surface area contributed by atoms with Crippen molar-refractivity contribution in [1.82, 2.24) is 14.7 Å². The Morgan fingerprint density at radius 2 is 2.09 bits per heavy atom. The number of anilines is 1. The highest BCUT2D eigenvalue weighted by Gasteiger charge is 2.35. The molecule has 6 heteroatoms. The van der Waals surface area contributed by atoms with Crippen molar-refractivity contribution < 1.29 is 9.53 Å². The van der Waals surface area contributed by atoms with E-state index < -0.39 is 0 Å². The number of hydrogen-bond acceptors (Lipinski definition) is 4. The topological polar surface area (TPSA) is 73.4 Å². The zero-order chi connectivity index (χ0) is 16.4. The van der Waals surface area contributed by atoms with Crippen LogP contribution in [0.2, 0.25) is 0 Å². The van der Waals surface area contributed by atoms with E-state index in [0.29, 0.717) is 31.3 Å².